The van der Waals surface area contributed by atoms with Gasteiger partial charge in [0.05, 0.1) is 13.0 Å². The fourth-order valence-electron chi connectivity index (χ4n) is 2.11. The van der Waals surface area contributed by atoms with E-state index in [0.29, 0.717) is 18.9 Å². The second kappa shape index (κ2) is 6.58. The van der Waals surface area contributed by atoms with Crippen molar-refractivity contribution in [3.63, 3.8) is 0 Å². The van der Waals surface area contributed by atoms with Gasteiger partial charge in [0.15, 0.2) is 0 Å². The standard InChI is InChI=1S/C12H22N2O4/c1-8(2)5-13-10-4-9(11(15)16)6-14(7-10)12(17)18-3/h8-10,13H,4-7H2,1-3H3,(H,15,16). The Morgan fingerprint density at radius 1 is 1.44 bits per heavy atom. The van der Waals surface area contributed by atoms with Gasteiger partial charge in [-0.3, -0.25) is 4.79 Å². The number of hydrogen-bond donors (Lipinski definition) is 2. The molecule has 0 radical (unpaired) electrons. The van der Waals surface area contributed by atoms with Crippen molar-refractivity contribution in [3.05, 3.63) is 0 Å². The lowest BCUT2D eigenvalue weighted by Crippen LogP contribution is -2.53. The van der Waals surface area contributed by atoms with E-state index in [1.165, 1.54) is 12.0 Å². The molecule has 18 heavy (non-hydrogen) atoms. The maximum atomic E-state index is 11.5. The smallest absolute Gasteiger partial charge is 0.409 e. The number of likely N-dealkylation sites (tertiary alicyclic amines) is 1. The van der Waals surface area contributed by atoms with E-state index < -0.39 is 18.0 Å². The largest absolute Gasteiger partial charge is 0.481 e. The summed E-state index contributed by atoms with van der Waals surface area (Å²) in [5.41, 5.74) is 0. The summed E-state index contributed by atoms with van der Waals surface area (Å²) in [6, 6.07) is 0.0151. The number of carbonyl (C=O) groups is 2. The molecule has 2 N–H and O–H groups in total. The number of methoxy groups -OCH3 is 1. The molecular weight excluding hydrogens is 236 g/mol. The van der Waals surface area contributed by atoms with Crippen molar-refractivity contribution < 1.29 is 19.4 Å². The zero-order chi connectivity index (χ0) is 13.7. The van der Waals surface area contributed by atoms with Crippen LogP contribution in [0.25, 0.3) is 0 Å². The zero-order valence-corrected chi connectivity index (χ0v) is 11.2. The molecule has 1 fully saturated rings. The van der Waals surface area contributed by atoms with Crippen molar-refractivity contribution in [2.75, 3.05) is 26.7 Å². The van der Waals surface area contributed by atoms with Gasteiger partial charge in [-0.05, 0) is 18.9 Å². The van der Waals surface area contributed by atoms with Crippen molar-refractivity contribution in [2.24, 2.45) is 11.8 Å². The number of nitrogens with zero attached hydrogens (tertiary/aromatic N) is 1. The maximum Gasteiger partial charge on any atom is 0.409 e. The summed E-state index contributed by atoms with van der Waals surface area (Å²) in [4.78, 5) is 24.0. The van der Waals surface area contributed by atoms with Crippen molar-refractivity contribution in [1.29, 1.82) is 0 Å². The molecule has 1 saturated heterocycles. The van der Waals surface area contributed by atoms with Gasteiger partial charge >= 0.3 is 12.1 Å². The number of nitrogens with one attached hydrogen (secondary N) is 1. The summed E-state index contributed by atoms with van der Waals surface area (Å²) in [6.07, 6.45) is 0.0903. The van der Waals surface area contributed by atoms with Crippen LogP contribution in [-0.4, -0.2) is 54.9 Å². The second-order valence-corrected chi connectivity index (χ2v) is 5.14. The predicted octanol–water partition coefficient (Wildman–Crippen LogP) is 0.773. The average Bonchev–Trinajstić information content (AvgIpc) is 2.34. The van der Waals surface area contributed by atoms with Crippen LogP contribution in [0, 0.1) is 11.8 Å². The lowest BCUT2D eigenvalue weighted by molar-refractivity contribution is -0.143. The Labute approximate surface area is 107 Å². The summed E-state index contributed by atoms with van der Waals surface area (Å²) >= 11 is 0. The second-order valence-electron chi connectivity index (χ2n) is 5.14. The van der Waals surface area contributed by atoms with Crippen LogP contribution < -0.4 is 5.32 Å². The number of hydrogen-bond acceptors (Lipinski definition) is 4. The molecular formula is C12H22N2O4. The number of piperidine rings is 1. The van der Waals surface area contributed by atoms with E-state index in [0.717, 1.165) is 6.54 Å². The van der Waals surface area contributed by atoms with Crippen molar-refractivity contribution in [3.8, 4) is 0 Å². The van der Waals surface area contributed by atoms with E-state index in [9.17, 15) is 9.59 Å². The average molecular weight is 258 g/mol. The maximum absolute atomic E-state index is 11.5. The Bertz CT molecular complexity index is 306. The normalized spacial score (nSPS) is 24.1. The van der Waals surface area contributed by atoms with E-state index in [4.69, 9.17) is 5.11 Å². The number of rotatable bonds is 4. The molecule has 1 aliphatic rings. The minimum Gasteiger partial charge on any atom is -0.481 e. The van der Waals surface area contributed by atoms with Crippen LogP contribution >= 0.6 is 0 Å². The Morgan fingerprint density at radius 2 is 2.11 bits per heavy atom. The Balaban J connectivity index is 2.62. The molecule has 1 rings (SSSR count). The predicted molar refractivity (Wildman–Crippen MR) is 66.3 cm³/mol. The van der Waals surface area contributed by atoms with E-state index >= 15 is 0 Å². The van der Waals surface area contributed by atoms with Crippen molar-refractivity contribution in [2.45, 2.75) is 26.3 Å². The molecule has 1 aliphatic heterocycles. The fraction of sp³-hybridized carbons (Fsp3) is 0.833. The molecule has 2 unspecified atom stereocenters. The first-order chi connectivity index (χ1) is 8.43. The van der Waals surface area contributed by atoms with Gasteiger partial charge in [0, 0.05) is 19.1 Å². The SMILES string of the molecule is COC(=O)N1CC(NCC(C)C)CC(C(=O)O)C1. The van der Waals surface area contributed by atoms with Crippen LogP contribution in [0.5, 0.6) is 0 Å². The van der Waals surface area contributed by atoms with Crippen LogP contribution in [0.4, 0.5) is 4.79 Å². The summed E-state index contributed by atoms with van der Waals surface area (Å²) in [6.45, 7) is 5.71. The fourth-order valence-corrected chi connectivity index (χ4v) is 2.11. The van der Waals surface area contributed by atoms with Gasteiger partial charge < -0.3 is 20.1 Å². The number of carbonyl (C=O) groups excluding carboxylic acids is 1. The number of carboxylic acids is 1. The zero-order valence-electron chi connectivity index (χ0n) is 11.2. The first kappa shape index (κ1) is 14.8. The van der Waals surface area contributed by atoms with Gasteiger partial charge in [-0.2, -0.15) is 0 Å². The Morgan fingerprint density at radius 3 is 2.61 bits per heavy atom. The van der Waals surface area contributed by atoms with E-state index in [2.05, 4.69) is 23.9 Å². The minimum absolute atomic E-state index is 0.0151. The van der Waals surface area contributed by atoms with Gasteiger partial charge in [0.1, 0.15) is 0 Å². The molecule has 0 bridgehead atoms. The molecule has 1 amide bonds. The van der Waals surface area contributed by atoms with E-state index in [1.54, 1.807) is 0 Å². The summed E-state index contributed by atoms with van der Waals surface area (Å²) in [7, 11) is 1.31. The summed E-state index contributed by atoms with van der Waals surface area (Å²) in [5, 5.41) is 12.4. The van der Waals surface area contributed by atoms with Crippen molar-refractivity contribution in [1.82, 2.24) is 10.2 Å². The van der Waals surface area contributed by atoms with Crippen LogP contribution in [0.2, 0.25) is 0 Å². The van der Waals surface area contributed by atoms with Gasteiger partial charge in [-0.15, -0.1) is 0 Å². The van der Waals surface area contributed by atoms with Crippen LogP contribution in [0.1, 0.15) is 20.3 Å². The number of carboxylic acid groups (broad SMARTS) is 1. The highest BCUT2D eigenvalue weighted by atomic mass is 16.5. The van der Waals surface area contributed by atoms with Crippen LogP contribution in [-0.2, 0) is 9.53 Å². The lowest BCUT2D eigenvalue weighted by atomic mass is 9.94. The van der Waals surface area contributed by atoms with Crippen LogP contribution in [0.3, 0.4) is 0 Å². The molecule has 6 heteroatoms. The number of amides is 1. The highest BCUT2D eigenvalue weighted by Gasteiger charge is 2.33. The quantitative estimate of drug-likeness (QED) is 0.779. The molecule has 0 aromatic carbocycles. The Kier molecular flexibility index (Phi) is 5.40. The van der Waals surface area contributed by atoms with Crippen molar-refractivity contribution >= 4 is 12.1 Å². The molecule has 2 atom stereocenters. The number of ether oxygens (including phenoxy) is 1. The molecule has 0 spiro atoms. The van der Waals surface area contributed by atoms with Gasteiger partial charge in [0.25, 0.3) is 0 Å². The highest BCUT2D eigenvalue weighted by molar-refractivity contribution is 5.73. The number of aliphatic carboxylic acids is 1. The molecule has 0 aromatic heterocycles. The molecule has 0 aliphatic carbocycles. The summed E-state index contributed by atoms with van der Waals surface area (Å²) < 4.78 is 4.66. The third-order valence-corrected chi connectivity index (χ3v) is 3.05. The first-order valence-electron chi connectivity index (χ1n) is 6.23. The highest BCUT2D eigenvalue weighted by Crippen LogP contribution is 2.18. The van der Waals surface area contributed by atoms with Gasteiger partial charge in [0.2, 0.25) is 0 Å². The minimum atomic E-state index is -0.861. The molecule has 0 saturated carbocycles. The topological polar surface area (TPSA) is 78.9 Å². The third-order valence-electron chi connectivity index (χ3n) is 3.05. The van der Waals surface area contributed by atoms with E-state index in [1.807, 2.05) is 0 Å². The third kappa shape index (κ3) is 4.18. The van der Waals surface area contributed by atoms with Gasteiger partial charge in [-0.1, -0.05) is 13.8 Å². The lowest BCUT2D eigenvalue weighted by Gasteiger charge is -2.36. The molecule has 0 aromatic rings. The monoisotopic (exact) mass is 258 g/mol. The Hall–Kier alpha value is -1.30. The van der Waals surface area contributed by atoms with Crippen LogP contribution in [0.15, 0.2) is 0 Å². The van der Waals surface area contributed by atoms with E-state index in [-0.39, 0.29) is 12.6 Å². The van der Waals surface area contributed by atoms with Gasteiger partial charge in [-0.25, -0.2) is 4.79 Å². The molecule has 1 heterocycles. The summed E-state index contributed by atoms with van der Waals surface area (Å²) in [5.74, 6) is -0.899. The molecule has 6 nitrogen and oxygen atoms in total. The first-order valence-corrected chi connectivity index (χ1v) is 6.23. The molecule has 104 valence electrons.